The fourth-order valence-corrected chi connectivity index (χ4v) is 1.24. The highest BCUT2D eigenvalue weighted by atomic mass is 16.4. The van der Waals surface area contributed by atoms with Crippen molar-refractivity contribution in [2.75, 3.05) is 13.7 Å². The lowest BCUT2D eigenvalue weighted by molar-refractivity contribution is -0.139. The molecular weight excluding hydrogens is 212 g/mol. The molecule has 4 N–H and O–H groups in total. The molecule has 1 amide bonds. The van der Waals surface area contributed by atoms with Crippen LogP contribution in [0, 0.1) is 0 Å². The Hall–Kier alpha value is -1.14. The molecule has 0 aliphatic carbocycles. The van der Waals surface area contributed by atoms with E-state index in [1.807, 2.05) is 6.92 Å². The lowest BCUT2D eigenvalue weighted by atomic mass is 10.1. The first-order chi connectivity index (χ1) is 7.54. The van der Waals surface area contributed by atoms with Crippen LogP contribution in [0.25, 0.3) is 0 Å². The predicted octanol–water partition coefficient (Wildman–Crippen LogP) is -0.674. The number of carbonyl (C=O) groups is 2. The minimum absolute atomic E-state index is 0.101. The minimum atomic E-state index is -0.968. The monoisotopic (exact) mass is 232 g/mol. The van der Waals surface area contributed by atoms with E-state index >= 15 is 0 Å². The summed E-state index contributed by atoms with van der Waals surface area (Å²) < 4.78 is 0. The molecule has 6 nitrogen and oxygen atoms in total. The van der Waals surface area contributed by atoms with Crippen LogP contribution in [0.3, 0.4) is 0 Å². The van der Waals surface area contributed by atoms with E-state index in [1.54, 1.807) is 7.05 Å². The summed E-state index contributed by atoms with van der Waals surface area (Å²) in [6.45, 7) is 1.76. The van der Waals surface area contributed by atoms with Crippen molar-refractivity contribution in [3.8, 4) is 0 Å². The summed E-state index contributed by atoms with van der Waals surface area (Å²) in [6.07, 6.45) is 1.02. The van der Waals surface area contributed by atoms with E-state index in [-0.39, 0.29) is 31.4 Å². The van der Waals surface area contributed by atoms with Gasteiger partial charge in [-0.2, -0.15) is 0 Å². The Labute approximate surface area is 95.0 Å². The number of aliphatic hydroxyl groups is 1. The third-order valence-electron chi connectivity index (χ3n) is 2.38. The van der Waals surface area contributed by atoms with Crippen molar-refractivity contribution in [1.29, 1.82) is 0 Å². The van der Waals surface area contributed by atoms with Crippen LogP contribution >= 0.6 is 0 Å². The SMILES string of the molecule is CCC(CO)NC(=O)CCC(NC)C(=O)O. The topological polar surface area (TPSA) is 98.7 Å². The van der Waals surface area contributed by atoms with Crippen LogP contribution in [0.15, 0.2) is 0 Å². The van der Waals surface area contributed by atoms with E-state index in [1.165, 1.54) is 0 Å². The Kier molecular flexibility index (Phi) is 7.49. The molecule has 2 unspecified atom stereocenters. The lowest BCUT2D eigenvalue weighted by Crippen LogP contribution is -2.39. The average Bonchev–Trinajstić information content (AvgIpc) is 2.26. The maximum Gasteiger partial charge on any atom is 0.320 e. The van der Waals surface area contributed by atoms with E-state index < -0.39 is 12.0 Å². The fraction of sp³-hybridized carbons (Fsp3) is 0.800. The Balaban J connectivity index is 3.92. The molecule has 0 bridgehead atoms. The quantitative estimate of drug-likeness (QED) is 0.445. The molecule has 0 aliphatic heterocycles. The highest BCUT2D eigenvalue weighted by Crippen LogP contribution is 1.98. The first kappa shape index (κ1) is 14.9. The first-order valence-electron chi connectivity index (χ1n) is 5.35. The molecule has 0 aromatic heterocycles. The molecule has 0 saturated carbocycles. The van der Waals surface area contributed by atoms with Gasteiger partial charge in [-0.15, -0.1) is 0 Å². The van der Waals surface area contributed by atoms with Crippen molar-refractivity contribution >= 4 is 11.9 Å². The van der Waals surface area contributed by atoms with Gasteiger partial charge in [0.25, 0.3) is 0 Å². The van der Waals surface area contributed by atoms with Crippen molar-refractivity contribution in [3.05, 3.63) is 0 Å². The van der Waals surface area contributed by atoms with Gasteiger partial charge in [-0.25, -0.2) is 0 Å². The van der Waals surface area contributed by atoms with Crippen LogP contribution in [-0.2, 0) is 9.59 Å². The number of carbonyl (C=O) groups excluding carboxylic acids is 1. The summed E-state index contributed by atoms with van der Waals surface area (Å²) in [5, 5.41) is 22.8. The number of nitrogens with one attached hydrogen (secondary N) is 2. The van der Waals surface area contributed by atoms with E-state index in [0.29, 0.717) is 6.42 Å². The van der Waals surface area contributed by atoms with Crippen molar-refractivity contribution < 1.29 is 19.8 Å². The minimum Gasteiger partial charge on any atom is -0.480 e. The van der Waals surface area contributed by atoms with Gasteiger partial charge in [0.15, 0.2) is 0 Å². The normalized spacial score (nSPS) is 14.2. The second-order valence-electron chi connectivity index (χ2n) is 3.57. The zero-order valence-electron chi connectivity index (χ0n) is 9.69. The molecule has 0 aliphatic rings. The Morgan fingerprint density at radius 2 is 2.00 bits per heavy atom. The molecule has 0 aromatic rings. The molecule has 0 radical (unpaired) electrons. The Bertz CT molecular complexity index is 229. The van der Waals surface area contributed by atoms with Crippen LogP contribution in [-0.4, -0.2) is 47.8 Å². The van der Waals surface area contributed by atoms with Crippen molar-refractivity contribution in [1.82, 2.24) is 10.6 Å². The largest absolute Gasteiger partial charge is 0.480 e. The maximum atomic E-state index is 11.4. The van der Waals surface area contributed by atoms with Gasteiger partial charge >= 0.3 is 5.97 Å². The zero-order valence-corrected chi connectivity index (χ0v) is 9.69. The molecule has 0 rings (SSSR count). The van der Waals surface area contributed by atoms with Gasteiger partial charge in [0.05, 0.1) is 12.6 Å². The number of hydrogen-bond donors (Lipinski definition) is 4. The molecule has 0 spiro atoms. The van der Waals surface area contributed by atoms with Gasteiger partial charge in [0.1, 0.15) is 6.04 Å². The number of amides is 1. The average molecular weight is 232 g/mol. The molecule has 0 heterocycles. The standard InChI is InChI=1S/C10H20N2O4/c1-3-7(6-13)12-9(14)5-4-8(11-2)10(15)16/h7-8,11,13H,3-6H2,1-2H3,(H,12,14)(H,15,16). The highest BCUT2D eigenvalue weighted by molar-refractivity contribution is 5.78. The fourth-order valence-electron chi connectivity index (χ4n) is 1.24. The third-order valence-corrected chi connectivity index (χ3v) is 2.38. The summed E-state index contributed by atoms with van der Waals surface area (Å²) in [7, 11) is 1.54. The summed E-state index contributed by atoms with van der Waals surface area (Å²) >= 11 is 0. The molecule has 2 atom stereocenters. The number of carboxylic acids is 1. The molecule has 0 aromatic carbocycles. The van der Waals surface area contributed by atoms with Crippen LogP contribution < -0.4 is 10.6 Å². The summed E-state index contributed by atoms with van der Waals surface area (Å²) in [6, 6.07) is -0.953. The van der Waals surface area contributed by atoms with Crippen LogP contribution in [0.4, 0.5) is 0 Å². The Morgan fingerprint density at radius 1 is 1.38 bits per heavy atom. The van der Waals surface area contributed by atoms with E-state index in [0.717, 1.165) is 0 Å². The molecular formula is C10H20N2O4. The molecule has 94 valence electrons. The van der Waals surface area contributed by atoms with E-state index in [4.69, 9.17) is 10.2 Å². The molecule has 0 fully saturated rings. The second kappa shape index (κ2) is 8.06. The molecule has 0 saturated heterocycles. The lowest BCUT2D eigenvalue weighted by Gasteiger charge is -2.15. The van der Waals surface area contributed by atoms with Gasteiger partial charge in [0.2, 0.25) is 5.91 Å². The number of likely N-dealkylation sites (N-methyl/N-ethyl adjacent to an activating group) is 1. The number of carboxylic acid groups (broad SMARTS) is 1. The zero-order chi connectivity index (χ0) is 12.6. The van der Waals surface area contributed by atoms with Gasteiger partial charge in [0, 0.05) is 6.42 Å². The Morgan fingerprint density at radius 3 is 2.38 bits per heavy atom. The molecule has 16 heavy (non-hydrogen) atoms. The van der Waals surface area contributed by atoms with Gasteiger partial charge in [-0.3, -0.25) is 9.59 Å². The first-order valence-corrected chi connectivity index (χ1v) is 5.35. The second-order valence-corrected chi connectivity index (χ2v) is 3.57. The van der Waals surface area contributed by atoms with Crippen LogP contribution in [0.2, 0.25) is 0 Å². The summed E-state index contributed by atoms with van der Waals surface area (Å²) in [5.74, 6) is -1.20. The number of rotatable bonds is 8. The van der Waals surface area contributed by atoms with Crippen molar-refractivity contribution in [2.24, 2.45) is 0 Å². The van der Waals surface area contributed by atoms with Crippen LogP contribution in [0.1, 0.15) is 26.2 Å². The summed E-state index contributed by atoms with van der Waals surface area (Å²) in [4.78, 5) is 22.0. The smallest absolute Gasteiger partial charge is 0.320 e. The van der Waals surface area contributed by atoms with Crippen molar-refractivity contribution in [2.45, 2.75) is 38.3 Å². The summed E-state index contributed by atoms with van der Waals surface area (Å²) in [5.41, 5.74) is 0. The van der Waals surface area contributed by atoms with Gasteiger partial charge in [-0.05, 0) is 19.9 Å². The highest BCUT2D eigenvalue weighted by Gasteiger charge is 2.17. The van der Waals surface area contributed by atoms with Gasteiger partial charge in [-0.1, -0.05) is 6.92 Å². The predicted molar refractivity (Wildman–Crippen MR) is 59.0 cm³/mol. The van der Waals surface area contributed by atoms with E-state index in [9.17, 15) is 9.59 Å². The third kappa shape index (κ3) is 5.67. The van der Waals surface area contributed by atoms with Crippen LogP contribution in [0.5, 0.6) is 0 Å². The van der Waals surface area contributed by atoms with Gasteiger partial charge < -0.3 is 20.8 Å². The van der Waals surface area contributed by atoms with Crippen molar-refractivity contribution in [3.63, 3.8) is 0 Å². The van der Waals surface area contributed by atoms with E-state index in [2.05, 4.69) is 10.6 Å². The maximum absolute atomic E-state index is 11.4. The number of aliphatic hydroxyl groups excluding tert-OH is 1. The number of aliphatic carboxylic acids is 1. The number of hydrogen-bond acceptors (Lipinski definition) is 4. The molecule has 6 heteroatoms.